The molecule has 1 unspecified atom stereocenters. The molecule has 0 radical (unpaired) electrons. The second-order valence-electron chi connectivity index (χ2n) is 5.10. The normalized spacial score (nSPS) is 12.6. The molecule has 0 saturated carbocycles. The van der Waals surface area contributed by atoms with E-state index in [2.05, 4.69) is 70.8 Å². The number of hydrogen-bond acceptors (Lipinski definition) is 5. The molecule has 0 aliphatic rings. The SMILES string of the molecule is CCc1nsc(NC(C)CN(C)Cc2ccccc2)n1. The largest absolute Gasteiger partial charge is 0.357 e. The summed E-state index contributed by atoms with van der Waals surface area (Å²) in [7, 11) is 2.14. The van der Waals surface area contributed by atoms with Crippen LogP contribution in [0.5, 0.6) is 0 Å². The lowest BCUT2D eigenvalue weighted by Crippen LogP contribution is -2.31. The van der Waals surface area contributed by atoms with E-state index in [-0.39, 0.29) is 0 Å². The van der Waals surface area contributed by atoms with E-state index in [4.69, 9.17) is 0 Å². The minimum Gasteiger partial charge on any atom is -0.357 e. The van der Waals surface area contributed by atoms with Crippen LogP contribution in [0.3, 0.4) is 0 Å². The van der Waals surface area contributed by atoms with Gasteiger partial charge in [-0.15, -0.1) is 0 Å². The van der Waals surface area contributed by atoms with Gasteiger partial charge >= 0.3 is 0 Å². The lowest BCUT2D eigenvalue weighted by Gasteiger charge is -2.21. The second-order valence-corrected chi connectivity index (χ2v) is 5.85. The predicted molar refractivity (Wildman–Crippen MR) is 85.1 cm³/mol. The maximum atomic E-state index is 4.44. The van der Waals surface area contributed by atoms with E-state index in [1.54, 1.807) is 0 Å². The Kier molecular flexibility index (Phi) is 5.49. The van der Waals surface area contributed by atoms with E-state index >= 15 is 0 Å². The van der Waals surface area contributed by atoms with Crippen LogP contribution in [0.1, 0.15) is 25.2 Å². The average Bonchev–Trinajstić information content (AvgIpc) is 2.87. The molecule has 1 N–H and O–H groups in total. The zero-order valence-electron chi connectivity index (χ0n) is 12.3. The summed E-state index contributed by atoms with van der Waals surface area (Å²) in [5.41, 5.74) is 1.34. The third-order valence-corrected chi connectivity index (χ3v) is 3.72. The van der Waals surface area contributed by atoms with Gasteiger partial charge in [-0.2, -0.15) is 4.37 Å². The van der Waals surface area contributed by atoms with Crippen molar-refractivity contribution in [3.63, 3.8) is 0 Å². The van der Waals surface area contributed by atoms with Gasteiger partial charge < -0.3 is 10.2 Å². The molecule has 0 fully saturated rings. The van der Waals surface area contributed by atoms with Crippen LogP contribution in [0.25, 0.3) is 0 Å². The number of likely N-dealkylation sites (N-methyl/N-ethyl adjacent to an activating group) is 1. The van der Waals surface area contributed by atoms with Gasteiger partial charge in [0.05, 0.1) is 0 Å². The highest BCUT2D eigenvalue weighted by Gasteiger charge is 2.09. The molecule has 1 heterocycles. The predicted octanol–water partition coefficient (Wildman–Crippen LogP) is 3.03. The topological polar surface area (TPSA) is 41.1 Å². The summed E-state index contributed by atoms with van der Waals surface area (Å²) < 4.78 is 4.29. The first-order chi connectivity index (χ1) is 9.67. The third kappa shape index (κ3) is 4.58. The van der Waals surface area contributed by atoms with Crippen molar-refractivity contribution in [3.8, 4) is 0 Å². The molecule has 0 spiro atoms. The molecule has 108 valence electrons. The Hall–Kier alpha value is -1.46. The first-order valence-corrected chi connectivity index (χ1v) is 7.76. The zero-order chi connectivity index (χ0) is 14.4. The molecule has 20 heavy (non-hydrogen) atoms. The number of hydrogen-bond donors (Lipinski definition) is 1. The molecule has 1 aromatic carbocycles. The van der Waals surface area contributed by atoms with Crippen molar-refractivity contribution in [1.29, 1.82) is 0 Å². The molecule has 2 aromatic rings. The lowest BCUT2D eigenvalue weighted by molar-refractivity contribution is 0.316. The first-order valence-electron chi connectivity index (χ1n) is 6.99. The smallest absolute Gasteiger partial charge is 0.202 e. The monoisotopic (exact) mass is 290 g/mol. The summed E-state index contributed by atoms with van der Waals surface area (Å²) in [6, 6.07) is 10.9. The molecule has 5 heteroatoms. The van der Waals surface area contributed by atoms with Crippen molar-refractivity contribution in [2.45, 2.75) is 32.9 Å². The summed E-state index contributed by atoms with van der Waals surface area (Å²) in [6.07, 6.45) is 0.889. The second kappa shape index (κ2) is 7.36. The van der Waals surface area contributed by atoms with Crippen LogP contribution < -0.4 is 5.32 Å². The fraction of sp³-hybridized carbons (Fsp3) is 0.467. The Labute approximate surface area is 125 Å². The van der Waals surface area contributed by atoms with E-state index < -0.39 is 0 Å². The molecule has 0 amide bonds. The van der Waals surface area contributed by atoms with E-state index in [1.165, 1.54) is 17.1 Å². The summed E-state index contributed by atoms with van der Waals surface area (Å²) in [5.74, 6) is 0.919. The van der Waals surface area contributed by atoms with Crippen LogP contribution in [-0.4, -0.2) is 33.9 Å². The Bertz CT molecular complexity index is 512. The van der Waals surface area contributed by atoms with Gasteiger partial charge in [0.2, 0.25) is 5.13 Å². The molecule has 0 bridgehead atoms. The zero-order valence-corrected chi connectivity index (χ0v) is 13.2. The summed E-state index contributed by atoms with van der Waals surface area (Å²) in [5, 5.41) is 4.34. The molecule has 4 nitrogen and oxygen atoms in total. The number of nitrogens with zero attached hydrogens (tertiary/aromatic N) is 3. The quantitative estimate of drug-likeness (QED) is 0.851. The maximum Gasteiger partial charge on any atom is 0.202 e. The Balaban J connectivity index is 1.80. The third-order valence-electron chi connectivity index (χ3n) is 3.04. The summed E-state index contributed by atoms with van der Waals surface area (Å²) in [4.78, 5) is 6.75. The van der Waals surface area contributed by atoms with E-state index in [1.807, 2.05) is 0 Å². The molecule has 0 aliphatic carbocycles. The van der Waals surface area contributed by atoms with Crippen molar-refractivity contribution in [2.75, 3.05) is 18.9 Å². The summed E-state index contributed by atoms with van der Waals surface area (Å²) >= 11 is 1.44. The van der Waals surface area contributed by atoms with Crippen molar-refractivity contribution >= 4 is 16.7 Å². The first kappa shape index (κ1) is 14.9. The van der Waals surface area contributed by atoms with Gasteiger partial charge in [-0.25, -0.2) is 4.98 Å². The maximum absolute atomic E-state index is 4.44. The van der Waals surface area contributed by atoms with Gasteiger partial charge in [-0.05, 0) is 19.5 Å². The van der Waals surface area contributed by atoms with Crippen LogP contribution in [0, 0.1) is 0 Å². The van der Waals surface area contributed by atoms with Crippen LogP contribution >= 0.6 is 11.5 Å². The standard InChI is InChI=1S/C15H22N4S/c1-4-14-17-15(20-18-14)16-12(2)10-19(3)11-13-8-6-5-7-9-13/h5-9,12H,4,10-11H2,1-3H3,(H,16,17,18). The summed E-state index contributed by atoms with van der Waals surface area (Å²) in [6.45, 7) is 6.18. The van der Waals surface area contributed by atoms with E-state index in [0.29, 0.717) is 6.04 Å². The van der Waals surface area contributed by atoms with E-state index in [0.717, 1.165) is 30.5 Å². The molecule has 0 saturated heterocycles. The van der Waals surface area contributed by atoms with Gasteiger partial charge in [0.1, 0.15) is 5.82 Å². The van der Waals surface area contributed by atoms with Gasteiger partial charge in [-0.3, -0.25) is 0 Å². The molecular weight excluding hydrogens is 268 g/mol. The number of nitrogens with one attached hydrogen (secondary N) is 1. The number of aryl methyl sites for hydroxylation is 1. The number of rotatable bonds is 7. The number of benzene rings is 1. The van der Waals surface area contributed by atoms with E-state index in [9.17, 15) is 0 Å². The molecule has 2 rings (SSSR count). The minimum absolute atomic E-state index is 0.348. The van der Waals surface area contributed by atoms with Crippen molar-refractivity contribution in [1.82, 2.24) is 14.3 Å². The molecule has 1 aromatic heterocycles. The highest BCUT2D eigenvalue weighted by molar-refractivity contribution is 7.09. The number of aromatic nitrogens is 2. The Morgan fingerprint density at radius 1 is 1.30 bits per heavy atom. The van der Waals surface area contributed by atoms with Crippen molar-refractivity contribution < 1.29 is 0 Å². The lowest BCUT2D eigenvalue weighted by atomic mass is 10.2. The number of anilines is 1. The highest BCUT2D eigenvalue weighted by Crippen LogP contribution is 2.13. The molecule has 1 atom stereocenters. The van der Waals surface area contributed by atoms with Gasteiger partial charge in [0, 0.05) is 37.1 Å². The van der Waals surface area contributed by atoms with Crippen LogP contribution in [0.2, 0.25) is 0 Å². The van der Waals surface area contributed by atoms with Crippen molar-refractivity contribution in [2.24, 2.45) is 0 Å². The molecular formula is C15H22N4S. The fourth-order valence-corrected chi connectivity index (χ4v) is 2.90. The Morgan fingerprint density at radius 2 is 2.05 bits per heavy atom. The average molecular weight is 290 g/mol. The van der Waals surface area contributed by atoms with Gasteiger partial charge in [-0.1, -0.05) is 37.3 Å². The van der Waals surface area contributed by atoms with Crippen LogP contribution in [0.4, 0.5) is 5.13 Å². The van der Waals surface area contributed by atoms with Gasteiger partial charge in [0.25, 0.3) is 0 Å². The Morgan fingerprint density at radius 3 is 2.70 bits per heavy atom. The minimum atomic E-state index is 0.348. The van der Waals surface area contributed by atoms with Crippen LogP contribution in [-0.2, 0) is 13.0 Å². The highest BCUT2D eigenvalue weighted by atomic mass is 32.1. The van der Waals surface area contributed by atoms with Crippen molar-refractivity contribution in [3.05, 3.63) is 41.7 Å². The van der Waals surface area contributed by atoms with Gasteiger partial charge in [0.15, 0.2) is 0 Å². The fourth-order valence-electron chi connectivity index (χ4n) is 2.14. The van der Waals surface area contributed by atoms with Crippen LogP contribution in [0.15, 0.2) is 30.3 Å². The molecule has 0 aliphatic heterocycles.